The van der Waals surface area contributed by atoms with Crippen LogP contribution in [0.15, 0.2) is 24.7 Å². The zero-order valence-corrected chi connectivity index (χ0v) is 10.0. The highest BCUT2D eigenvalue weighted by Crippen LogP contribution is 2.02. The highest BCUT2D eigenvalue weighted by Gasteiger charge is 2.12. The van der Waals surface area contributed by atoms with Crippen molar-refractivity contribution in [1.82, 2.24) is 25.1 Å². The molecule has 0 aliphatic carbocycles. The van der Waals surface area contributed by atoms with Crippen LogP contribution in [0.2, 0.25) is 0 Å². The van der Waals surface area contributed by atoms with E-state index in [4.69, 9.17) is 5.11 Å². The molecular formula is C11H13N5O3. The summed E-state index contributed by atoms with van der Waals surface area (Å²) in [7, 11) is 0. The van der Waals surface area contributed by atoms with Crippen molar-refractivity contribution in [2.24, 2.45) is 0 Å². The van der Waals surface area contributed by atoms with Crippen molar-refractivity contribution < 1.29 is 14.7 Å². The molecule has 2 aromatic rings. The standard InChI is InChI=1S/C11H13N5O3/c17-10(18)6-16-5-1-2-8(16)11(19)12-4-3-9-13-7-14-15-9/h1-2,5,7H,3-4,6H2,(H,12,19)(H,17,18)(H,13,14,15). The summed E-state index contributed by atoms with van der Waals surface area (Å²) < 4.78 is 1.38. The Balaban J connectivity index is 1.89. The first kappa shape index (κ1) is 12.8. The monoisotopic (exact) mass is 263 g/mol. The number of hydrogen-bond acceptors (Lipinski definition) is 4. The summed E-state index contributed by atoms with van der Waals surface area (Å²) in [4.78, 5) is 26.4. The van der Waals surface area contributed by atoms with E-state index in [1.807, 2.05) is 0 Å². The van der Waals surface area contributed by atoms with Crippen LogP contribution in [0.3, 0.4) is 0 Å². The summed E-state index contributed by atoms with van der Waals surface area (Å²) in [5.41, 5.74) is 0.319. The summed E-state index contributed by atoms with van der Waals surface area (Å²) in [6, 6.07) is 3.21. The fourth-order valence-corrected chi connectivity index (χ4v) is 1.64. The van der Waals surface area contributed by atoms with E-state index >= 15 is 0 Å². The van der Waals surface area contributed by atoms with Gasteiger partial charge in [-0.1, -0.05) is 0 Å². The molecule has 0 aromatic carbocycles. The Morgan fingerprint density at radius 3 is 3.00 bits per heavy atom. The Morgan fingerprint density at radius 1 is 1.47 bits per heavy atom. The molecule has 2 rings (SSSR count). The van der Waals surface area contributed by atoms with Crippen LogP contribution in [0.1, 0.15) is 16.3 Å². The lowest BCUT2D eigenvalue weighted by Crippen LogP contribution is -2.28. The summed E-state index contributed by atoms with van der Waals surface area (Å²) in [5, 5.41) is 17.8. The first-order valence-electron chi connectivity index (χ1n) is 5.66. The molecule has 8 heteroatoms. The van der Waals surface area contributed by atoms with Crippen molar-refractivity contribution in [3.63, 3.8) is 0 Å². The Morgan fingerprint density at radius 2 is 2.32 bits per heavy atom. The van der Waals surface area contributed by atoms with Gasteiger partial charge in [0.15, 0.2) is 0 Å². The van der Waals surface area contributed by atoms with Gasteiger partial charge in [0.25, 0.3) is 5.91 Å². The van der Waals surface area contributed by atoms with Gasteiger partial charge in [0.1, 0.15) is 24.4 Å². The number of carboxylic acids is 1. The normalized spacial score (nSPS) is 10.3. The van der Waals surface area contributed by atoms with E-state index in [0.29, 0.717) is 24.5 Å². The fourth-order valence-electron chi connectivity index (χ4n) is 1.64. The third-order valence-electron chi connectivity index (χ3n) is 2.48. The van der Waals surface area contributed by atoms with Crippen LogP contribution in [0.4, 0.5) is 0 Å². The number of nitrogens with zero attached hydrogens (tertiary/aromatic N) is 3. The van der Waals surface area contributed by atoms with E-state index in [1.165, 1.54) is 10.9 Å². The highest BCUT2D eigenvalue weighted by molar-refractivity contribution is 5.93. The molecule has 2 aromatic heterocycles. The number of aromatic nitrogens is 4. The molecule has 19 heavy (non-hydrogen) atoms. The van der Waals surface area contributed by atoms with Gasteiger partial charge >= 0.3 is 5.97 Å². The van der Waals surface area contributed by atoms with Crippen molar-refractivity contribution in [2.75, 3.05) is 6.54 Å². The van der Waals surface area contributed by atoms with Crippen molar-refractivity contribution >= 4 is 11.9 Å². The van der Waals surface area contributed by atoms with Crippen LogP contribution in [0.5, 0.6) is 0 Å². The lowest BCUT2D eigenvalue weighted by Gasteiger charge is -2.07. The molecule has 0 saturated heterocycles. The Kier molecular flexibility index (Phi) is 3.91. The molecule has 100 valence electrons. The number of carboxylic acid groups (broad SMARTS) is 1. The minimum absolute atomic E-state index is 0.238. The Hall–Kier alpha value is -2.64. The number of aliphatic carboxylic acids is 1. The van der Waals surface area contributed by atoms with Crippen molar-refractivity contribution in [3.05, 3.63) is 36.2 Å². The molecule has 8 nitrogen and oxygen atoms in total. The number of carbonyl (C=O) groups is 2. The van der Waals surface area contributed by atoms with E-state index in [9.17, 15) is 9.59 Å². The van der Waals surface area contributed by atoms with E-state index in [1.54, 1.807) is 18.3 Å². The highest BCUT2D eigenvalue weighted by atomic mass is 16.4. The van der Waals surface area contributed by atoms with Crippen LogP contribution < -0.4 is 5.32 Å². The van der Waals surface area contributed by atoms with E-state index < -0.39 is 5.97 Å². The first-order chi connectivity index (χ1) is 9.16. The molecule has 0 atom stereocenters. The predicted molar refractivity (Wildman–Crippen MR) is 64.5 cm³/mol. The maximum Gasteiger partial charge on any atom is 0.323 e. The number of nitrogens with one attached hydrogen (secondary N) is 2. The van der Waals surface area contributed by atoms with Crippen LogP contribution in [-0.4, -0.2) is 43.3 Å². The number of hydrogen-bond donors (Lipinski definition) is 3. The van der Waals surface area contributed by atoms with Gasteiger partial charge < -0.3 is 15.0 Å². The van der Waals surface area contributed by atoms with Gasteiger partial charge in [0.05, 0.1) is 0 Å². The Labute approximate surface area is 108 Å². The lowest BCUT2D eigenvalue weighted by atomic mass is 10.3. The predicted octanol–water partition coefficient (Wildman–Crippen LogP) is -0.337. The van der Waals surface area contributed by atoms with Crippen molar-refractivity contribution in [2.45, 2.75) is 13.0 Å². The van der Waals surface area contributed by atoms with Crippen LogP contribution in [-0.2, 0) is 17.8 Å². The molecule has 0 aliphatic heterocycles. The van der Waals surface area contributed by atoms with Crippen molar-refractivity contribution in [1.29, 1.82) is 0 Å². The number of amides is 1. The lowest BCUT2D eigenvalue weighted by molar-refractivity contribution is -0.137. The van der Waals surface area contributed by atoms with Gasteiger partial charge in [0.2, 0.25) is 0 Å². The second-order valence-corrected chi connectivity index (χ2v) is 3.85. The van der Waals surface area contributed by atoms with Gasteiger partial charge in [-0.15, -0.1) is 0 Å². The summed E-state index contributed by atoms with van der Waals surface area (Å²) in [6.45, 7) is 0.157. The fraction of sp³-hybridized carbons (Fsp3) is 0.273. The summed E-state index contributed by atoms with van der Waals surface area (Å²) in [6.07, 6.45) is 3.49. The summed E-state index contributed by atoms with van der Waals surface area (Å²) in [5.74, 6) is -0.626. The molecule has 0 saturated carbocycles. The quantitative estimate of drug-likeness (QED) is 0.660. The maximum absolute atomic E-state index is 11.9. The molecule has 0 unspecified atom stereocenters. The molecule has 0 fully saturated rings. The van der Waals surface area contributed by atoms with Crippen LogP contribution in [0.25, 0.3) is 0 Å². The van der Waals surface area contributed by atoms with E-state index in [-0.39, 0.29) is 12.5 Å². The minimum atomic E-state index is -0.994. The largest absolute Gasteiger partial charge is 0.480 e. The smallest absolute Gasteiger partial charge is 0.323 e. The average Bonchev–Trinajstić information content (AvgIpc) is 2.99. The number of carbonyl (C=O) groups excluding carboxylic acids is 1. The second-order valence-electron chi connectivity index (χ2n) is 3.85. The summed E-state index contributed by atoms with van der Waals surface area (Å²) >= 11 is 0. The Bertz CT molecular complexity index is 561. The van der Waals surface area contributed by atoms with Crippen LogP contribution >= 0.6 is 0 Å². The second kappa shape index (κ2) is 5.80. The molecule has 0 radical (unpaired) electrons. The third-order valence-corrected chi connectivity index (χ3v) is 2.48. The third kappa shape index (κ3) is 3.41. The van der Waals surface area contributed by atoms with Gasteiger partial charge in [-0.2, -0.15) is 5.10 Å². The molecule has 0 bridgehead atoms. The van der Waals surface area contributed by atoms with Gasteiger partial charge in [-0.05, 0) is 12.1 Å². The van der Waals surface area contributed by atoms with E-state index in [2.05, 4.69) is 20.5 Å². The number of aromatic amines is 1. The van der Waals surface area contributed by atoms with E-state index in [0.717, 1.165) is 0 Å². The van der Waals surface area contributed by atoms with Gasteiger partial charge in [0, 0.05) is 19.2 Å². The molecule has 2 heterocycles. The topological polar surface area (TPSA) is 113 Å². The maximum atomic E-state index is 11.9. The molecule has 0 aliphatic rings. The first-order valence-corrected chi connectivity index (χ1v) is 5.66. The molecule has 3 N–H and O–H groups in total. The number of rotatable bonds is 6. The molecule has 0 spiro atoms. The van der Waals surface area contributed by atoms with Crippen LogP contribution in [0, 0.1) is 0 Å². The van der Waals surface area contributed by atoms with Gasteiger partial charge in [-0.3, -0.25) is 14.7 Å². The molecular weight excluding hydrogens is 250 g/mol. The molecule has 1 amide bonds. The zero-order chi connectivity index (χ0) is 13.7. The van der Waals surface area contributed by atoms with Crippen molar-refractivity contribution in [3.8, 4) is 0 Å². The zero-order valence-electron chi connectivity index (χ0n) is 10.0. The van der Waals surface area contributed by atoms with Gasteiger partial charge in [-0.25, -0.2) is 4.98 Å². The SMILES string of the molecule is O=C(O)Cn1cccc1C(=O)NCCc1ncn[nH]1. The number of H-pyrrole nitrogens is 1. The average molecular weight is 263 g/mol. The minimum Gasteiger partial charge on any atom is -0.480 e.